The number of rotatable bonds is 3. The number of aromatic nitrogens is 3. The highest BCUT2D eigenvalue weighted by molar-refractivity contribution is 5.94. The Bertz CT molecular complexity index is 1000. The smallest absolute Gasteiger partial charge is 0.257 e. The molecule has 0 radical (unpaired) electrons. The largest absolute Gasteiger partial charge is 0.367 e. The maximum absolute atomic E-state index is 13.8. The van der Waals surface area contributed by atoms with Gasteiger partial charge in [0.15, 0.2) is 5.82 Å². The van der Waals surface area contributed by atoms with Crippen LogP contribution < -0.4 is 4.90 Å². The second-order valence-corrected chi connectivity index (χ2v) is 7.23. The lowest BCUT2D eigenvalue weighted by Gasteiger charge is -2.36. The summed E-state index contributed by atoms with van der Waals surface area (Å²) in [5.74, 6) is -0.202. The van der Waals surface area contributed by atoms with E-state index in [-0.39, 0.29) is 11.5 Å². The highest BCUT2D eigenvalue weighted by Crippen LogP contribution is 2.39. The molecule has 138 valence electrons. The molecule has 1 saturated heterocycles. The number of nitrogens with zero attached hydrogens (tertiary/aromatic N) is 5. The zero-order valence-electron chi connectivity index (χ0n) is 14.9. The van der Waals surface area contributed by atoms with E-state index < -0.39 is 5.82 Å². The Hall–Kier alpha value is -2.96. The summed E-state index contributed by atoms with van der Waals surface area (Å²) >= 11 is 0. The van der Waals surface area contributed by atoms with Crippen LogP contribution in [0.15, 0.2) is 43.0 Å². The predicted molar refractivity (Wildman–Crippen MR) is 99.5 cm³/mol. The van der Waals surface area contributed by atoms with Crippen molar-refractivity contribution in [2.75, 3.05) is 31.1 Å². The minimum atomic E-state index is -0.568. The third kappa shape index (κ3) is 3.03. The molecule has 1 amide bonds. The first-order valence-electron chi connectivity index (χ1n) is 9.31. The molecule has 0 spiro atoms. The van der Waals surface area contributed by atoms with Gasteiger partial charge in [0.05, 0.1) is 23.1 Å². The van der Waals surface area contributed by atoms with Gasteiger partial charge in [-0.3, -0.25) is 9.78 Å². The van der Waals surface area contributed by atoms with Crippen molar-refractivity contribution in [1.29, 1.82) is 0 Å². The quantitative estimate of drug-likeness (QED) is 0.716. The highest BCUT2D eigenvalue weighted by atomic mass is 19.1. The summed E-state index contributed by atoms with van der Waals surface area (Å²) in [7, 11) is 0. The number of anilines is 1. The highest BCUT2D eigenvalue weighted by Gasteiger charge is 2.27. The van der Waals surface area contributed by atoms with Crippen LogP contribution in [0.4, 0.5) is 10.1 Å². The second kappa shape index (κ2) is 6.33. The zero-order chi connectivity index (χ0) is 18.4. The van der Waals surface area contributed by atoms with Gasteiger partial charge in [-0.15, -0.1) is 0 Å². The molecular formula is C20H20FN5O. The Morgan fingerprint density at radius 2 is 1.89 bits per heavy atom. The molecule has 3 aromatic rings. The Morgan fingerprint density at radius 3 is 2.63 bits per heavy atom. The van der Waals surface area contributed by atoms with Crippen LogP contribution in [0.3, 0.4) is 0 Å². The van der Waals surface area contributed by atoms with Crippen molar-refractivity contribution in [2.24, 2.45) is 0 Å². The molecule has 1 aliphatic heterocycles. The van der Waals surface area contributed by atoms with Crippen LogP contribution in [0, 0.1) is 5.82 Å². The minimum Gasteiger partial charge on any atom is -0.367 e. The molecule has 2 aliphatic rings. The van der Waals surface area contributed by atoms with E-state index in [0.717, 1.165) is 17.5 Å². The summed E-state index contributed by atoms with van der Waals surface area (Å²) < 4.78 is 15.9. The van der Waals surface area contributed by atoms with E-state index in [1.165, 1.54) is 30.8 Å². The first-order chi connectivity index (χ1) is 13.2. The number of imidazole rings is 1. The number of fused-ring (bicyclic) bond motifs is 1. The maximum Gasteiger partial charge on any atom is 0.257 e. The molecular weight excluding hydrogens is 345 g/mol. The van der Waals surface area contributed by atoms with E-state index in [2.05, 4.69) is 37.7 Å². The van der Waals surface area contributed by atoms with Crippen LogP contribution in [-0.4, -0.2) is 51.4 Å². The molecule has 4 heterocycles. The summed E-state index contributed by atoms with van der Waals surface area (Å²) in [4.78, 5) is 24.9. The minimum absolute atomic E-state index is 0.0888. The van der Waals surface area contributed by atoms with Gasteiger partial charge >= 0.3 is 0 Å². The van der Waals surface area contributed by atoms with E-state index in [4.69, 9.17) is 0 Å². The monoisotopic (exact) mass is 365 g/mol. The molecule has 2 fully saturated rings. The molecule has 6 nitrogen and oxygen atoms in total. The molecule has 3 aromatic heterocycles. The number of carbonyl (C=O) groups excluding carboxylic acids is 1. The van der Waals surface area contributed by atoms with Gasteiger partial charge < -0.3 is 14.2 Å². The van der Waals surface area contributed by atoms with Gasteiger partial charge in [-0.05, 0) is 31.0 Å². The molecule has 1 saturated carbocycles. The standard InChI is InChI=1S/C20H20FN5O/c21-17-11-22-6-5-16(17)20(27)25-9-7-24(8-10-25)15-3-4-19-23-18(14-1-2-14)13-26(19)12-15/h3-6,11-14H,1-2,7-10H2. The van der Waals surface area contributed by atoms with Crippen molar-refractivity contribution >= 4 is 17.2 Å². The van der Waals surface area contributed by atoms with E-state index in [1.54, 1.807) is 4.90 Å². The van der Waals surface area contributed by atoms with Crippen molar-refractivity contribution in [1.82, 2.24) is 19.3 Å². The number of hydrogen-bond acceptors (Lipinski definition) is 4. The van der Waals surface area contributed by atoms with Crippen LogP contribution >= 0.6 is 0 Å². The van der Waals surface area contributed by atoms with E-state index in [1.807, 2.05) is 6.07 Å². The summed E-state index contributed by atoms with van der Waals surface area (Å²) in [6, 6.07) is 5.57. The Balaban J connectivity index is 1.29. The van der Waals surface area contributed by atoms with Gasteiger partial charge in [-0.2, -0.15) is 0 Å². The summed E-state index contributed by atoms with van der Waals surface area (Å²) in [5.41, 5.74) is 3.36. The van der Waals surface area contributed by atoms with Crippen molar-refractivity contribution in [3.8, 4) is 0 Å². The lowest BCUT2D eigenvalue weighted by atomic mass is 10.2. The Morgan fingerprint density at radius 1 is 1.07 bits per heavy atom. The van der Waals surface area contributed by atoms with Crippen molar-refractivity contribution < 1.29 is 9.18 Å². The van der Waals surface area contributed by atoms with Crippen LogP contribution in [0.5, 0.6) is 0 Å². The fourth-order valence-electron chi connectivity index (χ4n) is 3.65. The van der Waals surface area contributed by atoms with Crippen molar-refractivity contribution in [3.63, 3.8) is 0 Å². The molecule has 0 bridgehead atoms. The van der Waals surface area contributed by atoms with E-state index in [0.29, 0.717) is 32.1 Å². The zero-order valence-corrected chi connectivity index (χ0v) is 14.9. The third-order valence-electron chi connectivity index (χ3n) is 5.38. The Labute approximate surface area is 156 Å². The van der Waals surface area contributed by atoms with Crippen LogP contribution in [-0.2, 0) is 0 Å². The maximum atomic E-state index is 13.8. The Kier molecular flexibility index (Phi) is 3.81. The van der Waals surface area contributed by atoms with E-state index in [9.17, 15) is 9.18 Å². The van der Waals surface area contributed by atoms with Gasteiger partial charge in [0.25, 0.3) is 5.91 Å². The molecule has 7 heteroatoms. The SMILES string of the molecule is O=C(c1ccncc1F)N1CCN(c2ccc3nc(C4CC4)cn3c2)CC1. The van der Waals surface area contributed by atoms with E-state index >= 15 is 0 Å². The van der Waals surface area contributed by atoms with Gasteiger partial charge in [0, 0.05) is 50.7 Å². The first kappa shape index (κ1) is 16.2. The summed E-state index contributed by atoms with van der Waals surface area (Å²) in [5, 5.41) is 0. The molecule has 0 N–H and O–H groups in total. The van der Waals surface area contributed by atoms with Crippen LogP contribution in [0.2, 0.25) is 0 Å². The fourth-order valence-corrected chi connectivity index (χ4v) is 3.65. The molecule has 0 aromatic carbocycles. The lowest BCUT2D eigenvalue weighted by molar-refractivity contribution is 0.0742. The van der Waals surface area contributed by atoms with Crippen LogP contribution in [0.25, 0.3) is 5.65 Å². The topological polar surface area (TPSA) is 53.7 Å². The van der Waals surface area contributed by atoms with Gasteiger partial charge in [-0.25, -0.2) is 9.37 Å². The van der Waals surface area contributed by atoms with Gasteiger partial charge in [-0.1, -0.05) is 0 Å². The second-order valence-electron chi connectivity index (χ2n) is 7.23. The average Bonchev–Trinajstić information content (AvgIpc) is 3.47. The summed E-state index contributed by atoms with van der Waals surface area (Å²) in [6.45, 7) is 2.56. The molecule has 5 rings (SSSR count). The number of halogens is 1. The van der Waals surface area contributed by atoms with Crippen LogP contribution in [0.1, 0.15) is 34.8 Å². The third-order valence-corrected chi connectivity index (χ3v) is 5.38. The fraction of sp³-hybridized carbons (Fsp3) is 0.350. The first-order valence-corrected chi connectivity index (χ1v) is 9.31. The molecule has 1 aliphatic carbocycles. The molecule has 27 heavy (non-hydrogen) atoms. The molecule has 0 atom stereocenters. The number of hydrogen-bond donors (Lipinski definition) is 0. The number of carbonyl (C=O) groups is 1. The summed E-state index contributed by atoms with van der Waals surface area (Å²) in [6.07, 6.45) is 9.24. The predicted octanol–water partition coefficient (Wildman–Crippen LogP) is 2.71. The molecule has 0 unspecified atom stereocenters. The normalized spacial score (nSPS) is 17.5. The number of pyridine rings is 2. The number of piperazine rings is 1. The van der Waals surface area contributed by atoms with Crippen molar-refractivity contribution in [2.45, 2.75) is 18.8 Å². The van der Waals surface area contributed by atoms with Gasteiger partial charge in [0.2, 0.25) is 0 Å². The average molecular weight is 365 g/mol. The number of amides is 1. The lowest BCUT2D eigenvalue weighted by Crippen LogP contribution is -2.49. The van der Waals surface area contributed by atoms with Crippen molar-refractivity contribution in [3.05, 3.63) is 60.1 Å². The van der Waals surface area contributed by atoms with Gasteiger partial charge in [0.1, 0.15) is 5.65 Å².